The maximum atomic E-state index is 11.6. The van der Waals surface area contributed by atoms with Gasteiger partial charge < -0.3 is 16.2 Å². The topological polar surface area (TPSA) is 91.2 Å². The summed E-state index contributed by atoms with van der Waals surface area (Å²) in [6.07, 6.45) is 4.07. The highest BCUT2D eigenvalue weighted by Gasteiger charge is 2.24. The summed E-state index contributed by atoms with van der Waals surface area (Å²) in [6.45, 7) is 0. The van der Waals surface area contributed by atoms with Crippen LogP contribution in [-0.4, -0.2) is 23.0 Å². The van der Waals surface area contributed by atoms with Crippen LogP contribution in [0.3, 0.4) is 0 Å². The lowest BCUT2D eigenvalue weighted by atomic mass is 9.93. The molecule has 0 saturated heterocycles. The van der Waals surface area contributed by atoms with Crippen molar-refractivity contribution in [2.24, 2.45) is 11.5 Å². The van der Waals surface area contributed by atoms with E-state index in [0.29, 0.717) is 17.0 Å². The van der Waals surface area contributed by atoms with Gasteiger partial charge in [-0.3, -0.25) is 4.79 Å². The van der Waals surface area contributed by atoms with Crippen LogP contribution in [0.4, 0.5) is 0 Å². The van der Waals surface area contributed by atoms with Crippen molar-refractivity contribution in [3.05, 3.63) is 35.9 Å². The Bertz CT molecular complexity index is 672. The molecule has 1 amide bonds. The molecule has 5 heteroatoms. The number of para-hydroxylation sites is 1. The van der Waals surface area contributed by atoms with Crippen LogP contribution in [0.1, 0.15) is 36.0 Å². The van der Waals surface area contributed by atoms with Crippen LogP contribution in [-0.2, 0) is 0 Å². The first kappa shape index (κ1) is 13.8. The average molecular weight is 285 g/mol. The Morgan fingerprint density at radius 2 is 2.00 bits per heavy atom. The van der Waals surface area contributed by atoms with Gasteiger partial charge in [0.05, 0.1) is 11.1 Å². The predicted octanol–water partition coefficient (Wildman–Crippen LogP) is 1.98. The van der Waals surface area contributed by atoms with Crippen LogP contribution < -0.4 is 16.2 Å². The van der Waals surface area contributed by atoms with E-state index in [1.165, 1.54) is 0 Å². The van der Waals surface area contributed by atoms with Gasteiger partial charge in [0.2, 0.25) is 11.8 Å². The summed E-state index contributed by atoms with van der Waals surface area (Å²) < 4.78 is 5.92. The minimum absolute atomic E-state index is 0.0176. The third-order valence-electron chi connectivity index (χ3n) is 3.98. The van der Waals surface area contributed by atoms with Crippen LogP contribution in [0.2, 0.25) is 0 Å². The molecule has 1 fully saturated rings. The molecule has 0 radical (unpaired) electrons. The van der Waals surface area contributed by atoms with Crippen LogP contribution in [0, 0.1) is 0 Å². The Kier molecular flexibility index (Phi) is 3.75. The number of primary amides is 1. The first-order valence-electron chi connectivity index (χ1n) is 7.27. The molecule has 2 atom stereocenters. The number of amides is 1. The van der Waals surface area contributed by atoms with E-state index in [4.69, 9.17) is 16.2 Å². The molecule has 0 aliphatic heterocycles. The number of carbonyl (C=O) groups is 1. The van der Waals surface area contributed by atoms with Crippen molar-refractivity contribution in [2.45, 2.75) is 37.8 Å². The van der Waals surface area contributed by atoms with Crippen molar-refractivity contribution in [3.8, 4) is 5.88 Å². The van der Waals surface area contributed by atoms with Gasteiger partial charge in [0.15, 0.2) is 0 Å². The fourth-order valence-electron chi connectivity index (χ4n) is 2.84. The zero-order chi connectivity index (χ0) is 14.8. The lowest BCUT2D eigenvalue weighted by molar-refractivity contribution is 0.0999. The highest BCUT2D eigenvalue weighted by molar-refractivity contribution is 6.05. The molecule has 110 valence electrons. The van der Waals surface area contributed by atoms with Gasteiger partial charge in [-0.2, -0.15) is 0 Å². The van der Waals surface area contributed by atoms with Gasteiger partial charge in [-0.25, -0.2) is 4.98 Å². The van der Waals surface area contributed by atoms with E-state index < -0.39 is 5.91 Å². The second kappa shape index (κ2) is 5.69. The Morgan fingerprint density at radius 1 is 1.24 bits per heavy atom. The summed E-state index contributed by atoms with van der Waals surface area (Å²) in [4.78, 5) is 16.1. The van der Waals surface area contributed by atoms with E-state index in [2.05, 4.69) is 4.98 Å². The van der Waals surface area contributed by atoms with Crippen LogP contribution in [0.15, 0.2) is 30.3 Å². The number of nitrogens with two attached hydrogens (primary N) is 2. The van der Waals surface area contributed by atoms with E-state index in [1.54, 1.807) is 6.07 Å². The van der Waals surface area contributed by atoms with Crippen molar-refractivity contribution in [2.75, 3.05) is 0 Å². The van der Waals surface area contributed by atoms with Gasteiger partial charge in [0.1, 0.15) is 6.10 Å². The number of hydrogen-bond donors (Lipinski definition) is 2. The molecular weight excluding hydrogens is 266 g/mol. The van der Waals surface area contributed by atoms with Gasteiger partial charge in [-0.05, 0) is 25.3 Å². The summed E-state index contributed by atoms with van der Waals surface area (Å²) in [5, 5.41) is 0.741. The number of nitrogens with zero attached hydrogens (tertiary/aromatic N) is 1. The first-order chi connectivity index (χ1) is 10.1. The standard InChI is InChI=1S/C16H19N3O2/c17-12-6-2-4-8-14(12)21-15-9-11(16(18)20)10-5-1-3-7-13(10)19-15/h1,3,5,7,9,12,14H,2,4,6,8,17H2,(H2,18,20). The molecule has 1 aromatic carbocycles. The zero-order valence-electron chi connectivity index (χ0n) is 11.8. The van der Waals surface area contributed by atoms with Gasteiger partial charge in [-0.15, -0.1) is 0 Å². The molecule has 4 N–H and O–H groups in total. The number of carbonyl (C=O) groups excluding carboxylic acids is 1. The average Bonchev–Trinajstić information content (AvgIpc) is 2.48. The number of ether oxygens (including phenoxy) is 1. The number of benzene rings is 1. The lowest BCUT2D eigenvalue weighted by Gasteiger charge is -2.28. The van der Waals surface area contributed by atoms with Gasteiger partial charge in [0, 0.05) is 17.5 Å². The van der Waals surface area contributed by atoms with Crippen LogP contribution in [0.5, 0.6) is 5.88 Å². The molecule has 2 unspecified atom stereocenters. The maximum absolute atomic E-state index is 11.6. The van der Waals surface area contributed by atoms with Crippen molar-refractivity contribution in [1.82, 2.24) is 4.98 Å². The molecule has 1 aromatic heterocycles. The molecule has 0 bridgehead atoms. The molecule has 1 saturated carbocycles. The molecular formula is C16H19N3O2. The van der Waals surface area contributed by atoms with E-state index in [-0.39, 0.29) is 12.1 Å². The summed E-state index contributed by atoms with van der Waals surface area (Å²) in [5.74, 6) is -0.0590. The Morgan fingerprint density at radius 3 is 2.76 bits per heavy atom. The molecule has 1 aliphatic rings. The van der Waals surface area contributed by atoms with Crippen molar-refractivity contribution in [1.29, 1.82) is 0 Å². The molecule has 1 heterocycles. The smallest absolute Gasteiger partial charge is 0.249 e. The van der Waals surface area contributed by atoms with Crippen LogP contribution in [0.25, 0.3) is 10.9 Å². The van der Waals surface area contributed by atoms with Gasteiger partial charge in [-0.1, -0.05) is 24.6 Å². The summed E-state index contributed by atoms with van der Waals surface area (Å²) in [7, 11) is 0. The summed E-state index contributed by atoms with van der Waals surface area (Å²) in [5.41, 5.74) is 12.7. The Hall–Kier alpha value is -2.14. The monoisotopic (exact) mass is 285 g/mol. The third kappa shape index (κ3) is 2.83. The van der Waals surface area contributed by atoms with E-state index in [1.807, 2.05) is 24.3 Å². The second-order valence-electron chi connectivity index (χ2n) is 5.49. The minimum Gasteiger partial charge on any atom is -0.473 e. The third-order valence-corrected chi connectivity index (χ3v) is 3.98. The van der Waals surface area contributed by atoms with E-state index >= 15 is 0 Å². The maximum Gasteiger partial charge on any atom is 0.249 e. The van der Waals surface area contributed by atoms with E-state index in [9.17, 15) is 4.79 Å². The zero-order valence-corrected chi connectivity index (χ0v) is 11.8. The first-order valence-corrected chi connectivity index (χ1v) is 7.27. The quantitative estimate of drug-likeness (QED) is 0.902. The number of hydrogen-bond acceptors (Lipinski definition) is 4. The molecule has 21 heavy (non-hydrogen) atoms. The van der Waals surface area contributed by atoms with E-state index in [0.717, 1.165) is 31.1 Å². The fraction of sp³-hybridized carbons (Fsp3) is 0.375. The number of rotatable bonds is 3. The largest absolute Gasteiger partial charge is 0.473 e. The SMILES string of the molecule is NC(=O)c1cc(OC2CCCCC2N)nc2ccccc12. The molecule has 0 spiro atoms. The Balaban J connectivity index is 1.97. The molecule has 3 rings (SSSR count). The fourth-order valence-corrected chi connectivity index (χ4v) is 2.84. The Labute approximate surface area is 123 Å². The normalized spacial score (nSPS) is 22.1. The van der Waals surface area contributed by atoms with Crippen molar-refractivity contribution < 1.29 is 9.53 Å². The predicted molar refractivity (Wildman–Crippen MR) is 81.1 cm³/mol. The van der Waals surface area contributed by atoms with Crippen molar-refractivity contribution >= 4 is 16.8 Å². The molecule has 2 aromatic rings. The van der Waals surface area contributed by atoms with Crippen molar-refractivity contribution in [3.63, 3.8) is 0 Å². The minimum atomic E-state index is -0.480. The summed E-state index contributed by atoms with van der Waals surface area (Å²) >= 11 is 0. The lowest BCUT2D eigenvalue weighted by Crippen LogP contribution is -2.41. The number of pyridine rings is 1. The van der Waals surface area contributed by atoms with Gasteiger partial charge >= 0.3 is 0 Å². The van der Waals surface area contributed by atoms with Crippen LogP contribution >= 0.6 is 0 Å². The number of fused-ring (bicyclic) bond motifs is 1. The second-order valence-corrected chi connectivity index (χ2v) is 5.49. The highest BCUT2D eigenvalue weighted by atomic mass is 16.5. The van der Waals surface area contributed by atoms with Gasteiger partial charge in [0.25, 0.3) is 0 Å². The molecule has 5 nitrogen and oxygen atoms in total. The molecule has 1 aliphatic carbocycles. The highest BCUT2D eigenvalue weighted by Crippen LogP contribution is 2.25. The number of aromatic nitrogens is 1. The summed E-state index contributed by atoms with van der Waals surface area (Å²) in [6, 6.07) is 9.04.